The number of likely N-dealkylation sites (N-methyl/N-ethyl adjacent to an activating group) is 1. The van der Waals surface area contributed by atoms with Crippen LogP contribution in [0.1, 0.15) is 46.0 Å². The number of nitrogens with zero attached hydrogens (tertiary/aromatic N) is 1. The molecule has 3 atom stereocenters. The number of carboxylic acids is 1. The molecule has 3 unspecified atom stereocenters. The zero-order valence-electron chi connectivity index (χ0n) is 13.2. The second-order valence-electron chi connectivity index (χ2n) is 7.00. The lowest BCUT2D eigenvalue weighted by Crippen LogP contribution is -2.53. The molecule has 0 radical (unpaired) electrons. The van der Waals surface area contributed by atoms with Gasteiger partial charge in [0.1, 0.15) is 5.54 Å². The number of carboxylic acid groups (broad SMARTS) is 1. The Kier molecular flexibility index (Phi) is 5.08. The molecule has 1 heterocycles. The largest absolute Gasteiger partial charge is 0.480 e. The van der Waals surface area contributed by atoms with Gasteiger partial charge in [-0.2, -0.15) is 0 Å². The summed E-state index contributed by atoms with van der Waals surface area (Å²) in [5.41, 5.74) is -0.669. The number of aliphatic carboxylic acids is 1. The van der Waals surface area contributed by atoms with Crippen molar-refractivity contribution in [2.24, 2.45) is 17.8 Å². The predicted molar refractivity (Wildman–Crippen MR) is 80.8 cm³/mol. The summed E-state index contributed by atoms with van der Waals surface area (Å²) in [6.45, 7) is 8.06. The average Bonchev–Trinajstić information content (AvgIpc) is 3.03. The maximum absolute atomic E-state index is 11.6. The van der Waals surface area contributed by atoms with Crippen molar-refractivity contribution in [3.05, 3.63) is 0 Å². The molecule has 0 bridgehead atoms. The summed E-state index contributed by atoms with van der Waals surface area (Å²) in [5, 5.41) is 12.7. The molecule has 4 nitrogen and oxygen atoms in total. The van der Waals surface area contributed by atoms with E-state index in [1.807, 2.05) is 0 Å². The second kappa shape index (κ2) is 6.44. The van der Waals surface area contributed by atoms with E-state index < -0.39 is 11.5 Å². The Morgan fingerprint density at radius 3 is 2.75 bits per heavy atom. The molecule has 4 heteroatoms. The van der Waals surface area contributed by atoms with Gasteiger partial charge in [-0.1, -0.05) is 20.3 Å². The lowest BCUT2D eigenvalue weighted by atomic mass is 9.84. The average molecular weight is 282 g/mol. The maximum atomic E-state index is 11.6. The molecule has 1 saturated carbocycles. The quantitative estimate of drug-likeness (QED) is 0.784. The summed E-state index contributed by atoms with van der Waals surface area (Å²) in [6.07, 6.45) is 5.18. The highest BCUT2D eigenvalue weighted by Crippen LogP contribution is 2.38. The summed E-state index contributed by atoms with van der Waals surface area (Å²) < 4.78 is 0. The van der Waals surface area contributed by atoms with Crippen molar-refractivity contribution in [2.75, 3.05) is 26.7 Å². The Morgan fingerprint density at radius 2 is 2.20 bits per heavy atom. The van der Waals surface area contributed by atoms with Crippen LogP contribution in [0.3, 0.4) is 0 Å². The molecule has 0 amide bonds. The first-order valence-corrected chi connectivity index (χ1v) is 8.14. The number of hydrogen-bond acceptors (Lipinski definition) is 3. The minimum atomic E-state index is -0.669. The molecule has 2 rings (SSSR count). The molecule has 0 aromatic heterocycles. The van der Waals surface area contributed by atoms with Crippen molar-refractivity contribution in [1.29, 1.82) is 0 Å². The van der Waals surface area contributed by atoms with E-state index in [0.29, 0.717) is 0 Å². The Balaban J connectivity index is 1.86. The van der Waals surface area contributed by atoms with Crippen LogP contribution in [0.5, 0.6) is 0 Å². The SMILES string of the molecule is CNC1(C(=O)O)CCCC1CCN1CCC(C(C)C)C1. The second-order valence-corrected chi connectivity index (χ2v) is 7.00. The number of carbonyl (C=O) groups is 1. The van der Waals surface area contributed by atoms with Gasteiger partial charge < -0.3 is 15.3 Å². The molecular formula is C16H30N2O2. The van der Waals surface area contributed by atoms with E-state index >= 15 is 0 Å². The zero-order chi connectivity index (χ0) is 14.8. The molecule has 1 aliphatic heterocycles. The van der Waals surface area contributed by atoms with Crippen LogP contribution in [0.4, 0.5) is 0 Å². The first-order chi connectivity index (χ1) is 9.49. The first-order valence-electron chi connectivity index (χ1n) is 8.14. The third-order valence-electron chi connectivity index (χ3n) is 5.69. The number of likely N-dealkylation sites (tertiary alicyclic amines) is 1. The van der Waals surface area contributed by atoms with Gasteiger partial charge in [0.15, 0.2) is 0 Å². The predicted octanol–water partition coefficient (Wildman–Crippen LogP) is 2.20. The monoisotopic (exact) mass is 282 g/mol. The van der Waals surface area contributed by atoms with E-state index in [0.717, 1.165) is 44.1 Å². The van der Waals surface area contributed by atoms with Crippen LogP contribution in [-0.4, -0.2) is 48.2 Å². The Hall–Kier alpha value is -0.610. The van der Waals surface area contributed by atoms with Gasteiger partial charge in [-0.25, -0.2) is 0 Å². The van der Waals surface area contributed by atoms with Gasteiger partial charge in [0.25, 0.3) is 0 Å². The standard InChI is InChI=1S/C16H30N2O2/c1-12(2)13-6-9-18(11-13)10-7-14-5-4-8-16(14,17-3)15(19)20/h12-14,17H,4-11H2,1-3H3,(H,19,20). The van der Waals surface area contributed by atoms with Gasteiger partial charge in [-0.3, -0.25) is 4.79 Å². The third-order valence-corrected chi connectivity index (χ3v) is 5.69. The molecule has 2 fully saturated rings. The number of rotatable bonds is 6. The summed E-state index contributed by atoms with van der Waals surface area (Å²) >= 11 is 0. The highest BCUT2D eigenvalue weighted by Gasteiger charge is 2.47. The van der Waals surface area contributed by atoms with Crippen LogP contribution in [0, 0.1) is 17.8 Å². The summed E-state index contributed by atoms with van der Waals surface area (Å²) in [6, 6.07) is 0. The lowest BCUT2D eigenvalue weighted by Gasteiger charge is -2.32. The van der Waals surface area contributed by atoms with E-state index in [4.69, 9.17) is 0 Å². The molecule has 1 saturated heterocycles. The van der Waals surface area contributed by atoms with Crippen LogP contribution in [0.2, 0.25) is 0 Å². The van der Waals surface area contributed by atoms with Gasteiger partial charge in [-0.15, -0.1) is 0 Å². The Labute approximate surface area is 122 Å². The van der Waals surface area contributed by atoms with Crippen molar-refractivity contribution in [3.8, 4) is 0 Å². The van der Waals surface area contributed by atoms with Crippen molar-refractivity contribution in [1.82, 2.24) is 10.2 Å². The van der Waals surface area contributed by atoms with E-state index in [9.17, 15) is 9.90 Å². The summed E-state index contributed by atoms with van der Waals surface area (Å²) in [4.78, 5) is 14.2. The first kappa shape index (κ1) is 15.8. The molecule has 0 spiro atoms. The van der Waals surface area contributed by atoms with Crippen molar-refractivity contribution < 1.29 is 9.90 Å². The number of nitrogens with one attached hydrogen (secondary N) is 1. The number of hydrogen-bond donors (Lipinski definition) is 2. The van der Waals surface area contributed by atoms with Crippen molar-refractivity contribution in [3.63, 3.8) is 0 Å². The smallest absolute Gasteiger partial charge is 0.324 e. The van der Waals surface area contributed by atoms with Gasteiger partial charge >= 0.3 is 5.97 Å². The topological polar surface area (TPSA) is 52.6 Å². The van der Waals surface area contributed by atoms with Gasteiger partial charge in [0, 0.05) is 6.54 Å². The van der Waals surface area contributed by atoms with Crippen LogP contribution in [-0.2, 0) is 4.79 Å². The molecule has 0 aromatic rings. The minimum absolute atomic E-state index is 0.281. The fourth-order valence-corrected chi connectivity index (χ4v) is 4.13. The normalized spacial score (nSPS) is 35.0. The third kappa shape index (κ3) is 3.01. The zero-order valence-corrected chi connectivity index (χ0v) is 13.2. The van der Waals surface area contributed by atoms with Gasteiger partial charge in [0.05, 0.1) is 0 Å². The van der Waals surface area contributed by atoms with Crippen molar-refractivity contribution in [2.45, 2.75) is 51.5 Å². The highest BCUT2D eigenvalue weighted by atomic mass is 16.4. The highest BCUT2D eigenvalue weighted by molar-refractivity contribution is 5.79. The molecule has 20 heavy (non-hydrogen) atoms. The molecule has 2 N–H and O–H groups in total. The fraction of sp³-hybridized carbons (Fsp3) is 0.938. The molecule has 116 valence electrons. The molecule has 1 aliphatic carbocycles. The van der Waals surface area contributed by atoms with E-state index in [2.05, 4.69) is 24.1 Å². The summed E-state index contributed by atoms with van der Waals surface area (Å²) in [7, 11) is 1.80. The molecular weight excluding hydrogens is 252 g/mol. The Bertz CT molecular complexity index is 345. The van der Waals surface area contributed by atoms with Crippen LogP contribution < -0.4 is 5.32 Å². The van der Waals surface area contributed by atoms with Gasteiger partial charge in [0.2, 0.25) is 0 Å². The van der Waals surface area contributed by atoms with Gasteiger partial charge in [-0.05, 0) is 63.6 Å². The van der Waals surface area contributed by atoms with E-state index in [-0.39, 0.29) is 5.92 Å². The molecule has 2 aliphatic rings. The van der Waals surface area contributed by atoms with E-state index in [1.54, 1.807) is 7.05 Å². The fourth-order valence-electron chi connectivity index (χ4n) is 4.13. The lowest BCUT2D eigenvalue weighted by molar-refractivity contribution is -0.146. The van der Waals surface area contributed by atoms with E-state index in [1.165, 1.54) is 19.5 Å². The minimum Gasteiger partial charge on any atom is -0.480 e. The Morgan fingerprint density at radius 1 is 1.45 bits per heavy atom. The van der Waals surface area contributed by atoms with Crippen LogP contribution in [0.15, 0.2) is 0 Å². The molecule has 0 aromatic carbocycles. The van der Waals surface area contributed by atoms with Crippen molar-refractivity contribution >= 4 is 5.97 Å². The van der Waals surface area contributed by atoms with Crippen LogP contribution >= 0.6 is 0 Å². The van der Waals surface area contributed by atoms with Crippen LogP contribution in [0.25, 0.3) is 0 Å². The maximum Gasteiger partial charge on any atom is 0.324 e. The summed E-state index contributed by atoms with van der Waals surface area (Å²) in [5.74, 6) is 1.21.